The molecule has 0 aliphatic carbocycles. The van der Waals surface area contributed by atoms with Crippen LogP contribution in [0.4, 0.5) is 0 Å². The van der Waals surface area contributed by atoms with Crippen LogP contribution < -0.4 is 5.32 Å². The van der Waals surface area contributed by atoms with Crippen molar-refractivity contribution in [3.8, 4) is 0 Å². The summed E-state index contributed by atoms with van der Waals surface area (Å²) in [5, 5.41) is 3.41. The predicted molar refractivity (Wildman–Crippen MR) is 119 cm³/mol. The Bertz CT molecular complexity index is 763. The van der Waals surface area contributed by atoms with Gasteiger partial charge in [0.25, 0.3) is 5.91 Å². The Morgan fingerprint density at radius 2 is 1.82 bits per heavy atom. The largest absolute Gasteiger partial charge is 0.469 e. The summed E-state index contributed by atoms with van der Waals surface area (Å²) in [6.45, 7) is 9.89. The van der Waals surface area contributed by atoms with Crippen LogP contribution in [0.25, 0.3) is 0 Å². The van der Waals surface area contributed by atoms with Gasteiger partial charge in [-0.05, 0) is 31.2 Å². The highest BCUT2D eigenvalue weighted by molar-refractivity contribution is 14.0. The lowest BCUT2D eigenvalue weighted by Gasteiger charge is -2.36. The van der Waals surface area contributed by atoms with E-state index in [0.29, 0.717) is 25.4 Å². The van der Waals surface area contributed by atoms with Crippen LogP contribution >= 0.6 is 24.0 Å². The summed E-state index contributed by atoms with van der Waals surface area (Å²) in [4.78, 5) is 21.1. The van der Waals surface area contributed by atoms with Crippen molar-refractivity contribution < 1.29 is 13.6 Å². The molecule has 3 rings (SSSR count). The molecule has 1 fully saturated rings. The molecule has 1 aliphatic rings. The van der Waals surface area contributed by atoms with Crippen molar-refractivity contribution >= 4 is 35.8 Å². The topological polar surface area (TPSA) is 74.2 Å². The first-order chi connectivity index (χ1) is 13.1. The SMILES string of the molecule is C=C(C)CN=C(NCCc1ccco1)N1CCN(C(=O)c2ccco2)CC1.I. The standard InChI is InChI=1S/C20H26N4O3.HI/c1-16(2)15-22-20(21-8-7-17-5-3-13-26-17)24-11-9-23(10-12-24)19(25)18-6-4-14-27-18;/h3-6,13-14H,1,7-12,15H2,2H3,(H,21,22);1H. The molecule has 1 N–H and O–H groups in total. The summed E-state index contributed by atoms with van der Waals surface area (Å²) in [7, 11) is 0. The van der Waals surface area contributed by atoms with E-state index >= 15 is 0 Å². The number of carbonyl (C=O) groups is 1. The molecule has 3 heterocycles. The molecule has 28 heavy (non-hydrogen) atoms. The molecule has 1 saturated heterocycles. The third-order valence-electron chi connectivity index (χ3n) is 4.33. The number of furan rings is 2. The quantitative estimate of drug-likeness (QED) is 0.287. The number of rotatable bonds is 6. The Labute approximate surface area is 182 Å². The molecule has 1 aliphatic heterocycles. The van der Waals surface area contributed by atoms with Crippen molar-refractivity contribution in [3.05, 3.63) is 60.5 Å². The van der Waals surface area contributed by atoms with E-state index in [0.717, 1.165) is 43.3 Å². The molecule has 2 aromatic heterocycles. The van der Waals surface area contributed by atoms with Gasteiger partial charge in [-0.1, -0.05) is 12.2 Å². The second kappa shape index (κ2) is 10.9. The summed E-state index contributed by atoms with van der Waals surface area (Å²) < 4.78 is 10.6. The molecule has 0 bridgehead atoms. The molecular weight excluding hydrogens is 471 g/mol. The number of hydrogen-bond donors (Lipinski definition) is 1. The molecule has 0 aromatic carbocycles. The average Bonchev–Trinajstić information content (AvgIpc) is 3.38. The normalized spacial score (nSPS) is 14.5. The van der Waals surface area contributed by atoms with Gasteiger partial charge in [0.2, 0.25) is 0 Å². The molecule has 2 aromatic rings. The Morgan fingerprint density at radius 1 is 1.14 bits per heavy atom. The number of amides is 1. The Balaban J connectivity index is 0.00000280. The van der Waals surface area contributed by atoms with Crippen LogP contribution in [0.15, 0.2) is 62.8 Å². The van der Waals surface area contributed by atoms with Crippen molar-refractivity contribution in [3.63, 3.8) is 0 Å². The summed E-state index contributed by atoms with van der Waals surface area (Å²) >= 11 is 0. The van der Waals surface area contributed by atoms with Gasteiger partial charge in [0.1, 0.15) is 5.76 Å². The van der Waals surface area contributed by atoms with Crippen molar-refractivity contribution in [2.45, 2.75) is 13.3 Å². The minimum absolute atomic E-state index is 0. The highest BCUT2D eigenvalue weighted by atomic mass is 127. The van der Waals surface area contributed by atoms with Crippen molar-refractivity contribution in [2.75, 3.05) is 39.3 Å². The molecule has 1 amide bonds. The van der Waals surface area contributed by atoms with E-state index in [9.17, 15) is 4.79 Å². The lowest BCUT2D eigenvalue weighted by atomic mass is 10.3. The molecule has 0 saturated carbocycles. The zero-order valence-corrected chi connectivity index (χ0v) is 18.4. The number of halogens is 1. The van der Waals surface area contributed by atoms with Gasteiger partial charge >= 0.3 is 0 Å². The van der Waals surface area contributed by atoms with E-state index in [4.69, 9.17) is 8.83 Å². The van der Waals surface area contributed by atoms with Crippen molar-refractivity contribution in [1.82, 2.24) is 15.1 Å². The minimum atomic E-state index is -0.0640. The highest BCUT2D eigenvalue weighted by Crippen LogP contribution is 2.10. The van der Waals surface area contributed by atoms with Gasteiger partial charge in [0, 0.05) is 39.1 Å². The van der Waals surface area contributed by atoms with Gasteiger partial charge in [-0.2, -0.15) is 0 Å². The molecule has 8 heteroatoms. The number of piperazine rings is 1. The third-order valence-corrected chi connectivity index (χ3v) is 4.33. The molecule has 0 unspecified atom stereocenters. The number of nitrogens with one attached hydrogen (secondary N) is 1. The smallest absolute Gasteiger partial charge is 0.289 e. The summed E-state index contributed by atoms with van der Waals surface area (Å²) in [6, 6.07) is 7.28. The Morgan fingerprint density at radius 3 is 2.43 bits per heavy atom. The first-order valence-electron chi connectivity index (χ1n) is 9.16. The first-order valence-corrected chi connectivity index (χ1v) is 9.16. The van der Waals surface area contributed by atoms with Crippen molar-refractivity contribution in [1.29, 1.82) is 0 Å². The van der Waals surface area contributed by atoms with E-state index < -0.39 is 0 Å². The molecule has 0 spiro atoms. The highest BCUT2D eigenvalue weighted by Gasteiger charge is 2.25. The summed E-state index contributed by atoms with van der Waals surface area (Å²) in [5.74, 6) is 2.10. The monoisotopic (exact) mass is 498 g/mol. The fourth-order valence-corrected chi connectivity index (χ4v) is 2.91. The predicted octanol–water partition coefficient (Wildman–Crippen LogP) is 3.01. The van der Waals surface area contributed by atoms with Crippen LogP contribution in [0.2, 0.25) is 0 Å². The fourth-order valence-electron chi connectivity index (χ4n) is 2.91. The average molecular weight is 498 g/mol. The van der Waals surface area contributed by atoms with E-state index in [2.05, 4.69) is 21.8 Å². The molecular formula is C20H27IN4O3. The summed E-state index contributed by atoms with van der Waals surface area (Å²) in [6.07, 6.45) is 3.99. The lowest BCUT2D eigenvalue weighted by Crippen LogP contribution is -2.54. The Hall–Kier alpha value is -2.23. The molecule has 0 radical (unpaired) electrons. The van der Waals surface area contributed by atoms with Crippen molar-refractivity contribution in [2.24, 2.45) is 4.99 Å². The third kappa shape index (κ3) is 6.15. The second-order valence-electron chi connectivity index (χ2n) is 6.61. The zero-order chi connectivity index (χ0) is 19.1. The van der Waals surface area contributed by atoms with Crippen LogP contribution in [0.5, 0.6) is 0 Å². The number of carbonyl (C=O) groups excluding carboxylic acids is 1. The molecule has 7 nitrogen and oxygen atoms in total. The van der Waals surface area contributed by atoms with Crippen LogP contribution in [0, 0.1) is 0 Å². The van der Waals surface area contributed by atoms with Crippen LogP contribution in [-0.2, 0) is 6.42 Å². The number of aliphatic imine (C=N–C) groups is 1. The van der Waals surface area contributed by atoms with Gasteiger partial charge in [-0.3, -0.25) is 4.79 Å². The lowest BCUT2D eigenvalue weighted by molar-refractivity contribution is 0.0657. The van der Waals surface area contributed by atoms with Gasteiger partial charge in [-0.25, -0.2) is 4.99 Å². The van der Waals surface area contributed by atoms with Crippen LogP contribution in [0.1, 0.15) is 23.2 Å². The summed E-state index contributed by atoms with van der Waals surface area (Å²) in [5.41, 5.74) is 1.01. The van der Waals surface area contributed by atoms with Gasteiger partial charge < -0.3 is 24.0 Å². The minimum Gasteiger partial charge on any atom is -0.469 e. The first kappa shape index (κ1) is 22.1. The second-order valence-corrected chi connectivity index (χ2v) is 6.61. The zero-order valence-electron chi connectivity index (χ0n) is 16.1. The van der Waals surface area contributed by atoms with E-state index in [-0.39, 0.29) is 29.9 Å². The van der Waals surface area contributed by atoms with Crippen LogP contribution in [0.3, 0.4) is 0 Å². The maximum atomic E-state index is 12.4. The number of guanidine groups is 1. The Kier molecular flexibility index (Phi) is 8.62. The number of nitrogens with zero attached hydrogens (tertiary/aromatic N) is 3. The van der Waals surface area contributed by atoms with Gasteiger partial charge in [0.05, 0.1) is 19.1 Å². The molecule has 0 atom stereocenters. The maximum absolute atomic E-state index is 12.4. The van der Waals surface area contributed by atoms with E-state index in [1.54, 1.807) is 18.4 Å². The fraction of sp³-hybridized carbons (Fsp3) is 0.400. The maximum Gasteiger partial charge on any atom is 0.289 e. The van der Waals surface area contributed by atoms with E-state index in [1.807, 2.05) is 24.0 Å². The van der Waals surface area contributed by atoms with Crippen LogP contribution in [-0.4, -0.2) is 60.9 Å². The number of hydrogen-bond acceptors (Lipinski definition) is 4. The van der Waals surface area contributed by atoms with E-state index in [1.165, 1.54) is 6.26 Å². The molecule has 152 valence electrons. The van der Waals surface area contributed by atoms with Gasteiger partial charge in [-0.15, -0.1) is 24.0 Å². The van der Waals surface area contributed by atoms with Gasteiger partial charge in [0.15, 0.2) is 11.7 Å².